The van der Waals surface area contributed by atoms with Gasteiger partial charge in [0.05, 0.1) is 6.20 Å². The maximum absolute atomic E-state index is 5.62. The van der Waals surface area contributed by atoms with Crippen LogP contribution in [0.15, 0.2) is 18.5 Å². The highest BCUT2D eigenvalue weighted by molar-refractivity contribution is 6.17. The molecule has 0 aliphatic rings. The number of alkyl halides is 1. The third-order valence-corrected chi connectivity index (χ3v) is 2.32. The lowest BCUT2D eigenvalue weighted by atomic mass is 10.1. The van der Waals surface area contributed by atoms with Crippen molar-refractivity contribution in [3.63, 3.8) is 0 Å². The molecule has 1 aromatic rings. The Bertz CT molecular complexity index is 302. The summed E-state index contributed by atoms with van der Waals surface area (Å²) in [4.78, 5) is 0. The van der Waals surface area contributed by atoms with E-state index in [1.165, 1.54) is 11.1 Å². The Morgan fingerprint density at radius 2 is 2.43 bits per heavy atom. The molecule has 0 fully saturated rings. The second kappa shape index (κ2) is 5.86. The van der Waals surface area contributed by atoms with E-state index in [0.29, 0.717) is 5.88 Å². The molecule has 1 aromatic heterocycles. The Balaban J connectivity index is 2.65. The summed E-state index contributed by atoms with van der Waals surface area (Å²) in [7, 11) is 0. The van der Waals surface area contributed by atoms with Crippen LogP contribution in [0.1, 0.15) is 32.3 Å². The van der Waals surface area contributed by atoms with E-state index in [2.05, 4.69) is 31.2 Å². The van der Waals surface area contributed by atoms with Crippen LogP contribution in [0.3, 0.4) is 0 Å². The summed E-state index contributed by atoms with van der Waals surface area (Å²) in [6.07, 6.45) is 8.19. The first-order chi connectivity index (χ1) is 6.77. The standard InChI is InChI=1S/C11H17ClN2/c1-3-7-14-9-11(8-13-14)10(2)5-4-6-12/h5,8-9H,3-4,6-7H2,1-2H3. The molecule has 14 heavy (non-hydrogen) atoms. The van der Waals surface area contributed by atoms with Gasteiger partial charge in [-0.2, -0.15) is 5.10 Å². The van der Waals surface area contributed by atoms with Crippen LogP contribution in [0, 0.1) is 0 Å². The third kappa shape index (κ3) is 3.18. The maximum atomic E-state index is 5.62. The molecule has 0 atom stereocenters. The molecule has 0 aliphatic carbocycles. The van der Waals surface area contributed by atoms with Crippen LogP contribution in [-0.4, -0.2) is 15.7 Å². The first kappa shape index (κ1) is 11.3. The Labute approximate surface area is 90.6 Å². The molecular formula is C11H17ClN2. The second-order valence-electron chi connectivity index (χ2n) is 3.36. The summed E-state index contributed by atoms with van der Waals surface area (Å²) in [6.45, 7) is 5.24. The Morgan fingerprint density at radius 3 is 3.07 bits per heavy atom. The third-order valence-electron chi connectivity index (χ3n) is 2.10. The van der Waals surface area contributed by atoms with Gasteiger partial charge in [0.25, 0.3) is 0 Å². The van der Waals surface area contributed by atoms with Crippen LogP contribution >= 0.6 is 11.6 Å². The summed E-state index contributed by atoms with van der Waals surface area (Å²) in [5.41, 5.74) is 2.46. The number of aromatic nitrogens is 2. The van der Waals surface area contributed by atoms with Gasteiger partial charge in [0.2, 0.25) is 0 Å². The number of hydrogen-bond acceptors (Lipinski definition) is 1. The molecule has 0 saturated carbocycles. The average Bonchev–Trinajstić information content (AvgIpc) is 2.63. The van der Waals surface area contributed by atoms with E-state index in [0.717, 1.165) is 19.4 Å². The molecule has 0 saturated heterocycles. The number of allylic oxidation sites excluding steroid dienone is 2. The van der Waals surface area contributed by atoms with Crippen molar-refractivity contribution >= 4 is 17.2 Å². The quantitative estimate of drug-likeness (QED) is 0.685. The van der Waals surface area contributed by atoms with E-state index in [9.17, 15) is 0 Å². The van der Waals surface area contributed by atoms with E-state index >= 15 is 0 Å². The van der Waals surface area contributed by atoms with Crippen molar-refractivity contribution in [2.75, 3.05) is 5.88 Å². The summed E-state index contributed by atoms with van der Waals surface area (Å²) in [5.74, 6) is 0.681. The van der Waals surface area contributed by atoms with Crippen LogP contribution in [0.2, 0.25) is 0 Å². The molecule has 0 aromatic carbocycles. The minimum Gasteiger partial charge on any atom is -0.272 e. The average molecular weight is 213 g/mol. The fourth-order valence-corrected chi connectivity index (χ4v) is 1.42. The van der Waals surface area contributed by atoms with Gasteiger partial charge < -0.3 is 0 Å². The number of hydrogen-bond donors (Lipinski definition) is 0. The lowest BCUT2D eigenvalue weighted by Crippen LogP contribution is -1.95. The number of nitrogens with zero attached hydrogens (tertiary/aromatic N) is 2. The van der Waals surface area contributed by atoms with Crippen molar-refractivity contribution in [3.05, 3.63) is 24.0 Å². The summed E-state index contributed by atoms with van der Waals surface area (Å²) >= 11 is 5.62. The summed E-state index contributed by atoms with van der Waals surface area (Å²) in [6, 6.07) is 0. The zero-order valence-corrected chi connectivity index (χ0v) is 9.59. The van der Waals surface area contributed by atoms with Crippen molar-refractivity contribution < 1.29 is 0 Å². The molecule has 1 heterocycles. The van der Waals surface area contributed by atoms with Gasteiger partial charge in [-0.1, -0.05) is 13.0 Å². The monoisotopic (exact) mass is 212 g/mol. The number of halogens is 1. The topological polar surface area (TPSA) is 17.8 Å². The van der Waals surface area contributed by atoms with Crippen LogP contribution in [0.4, 0.5) is 0 Å². The molecule has 0 unspecified atom stereocenters. The molecule has 0 N–H and O–H groups in total. The lowest BCUT2D eigenvalue weighted by molar-refractivity contribution is 0.602. The van der Waals surface area contributed by atoms with E-state index in [4.69, 9.17) is 11.6 Å². The zero-order valence-electron chi connectivity index (χ0n) is 8.83. The molecule has 0 radical (unpaired) electrons. The van der Waals surface area contributed by atoms with Gasteiger partial charge in [-0.3, -0.25) is 4.68 Å². The normalized spacial score (nSPS) is 12.1. The Morgan fingerprint density at radius 1 is 1.64 bits per heavy atom. The maximum Gasteiger partial charge on any atom is 0.0564 e. The van der Waals surface area contributed by atoms with Gasteiger partial charge in [0.15, 0.2) is 0 Å². The molecule has 0 bridgehead atoms. The highest BCUT2D eigenvalue weighted by Crippen LogP contribution is 2.13. The predicted octanol–water partition coefficient (Wildman–Crippen LogP) is 3.33. The molecule has 1 rings (SSSR count). The second-order valence-corrected chi connectivity index (χ2v) is 3.73. The van der Waals surface area contributed by atoms with Gasteiger partial charge >= 0.3 is 0 Å². The molecule has 2 nitrogen and oxygen atoms in total. The van der Waals surface area contributed by atoms with Crippen LogP contribution in [0.5, 0.6) is 0 Å². The van der Waals surface area contributed by atoms with E-state index in [-0.39, 0.29) is 0 Å². The number of aryl methyl sites for hydroxylation is 1. The minimum atomic E-state index is 0.681. The van der Waals surface area contributed by atoms with Crippen molar-refractivity contribution in [1.82, 2.24) is 9.78 Å². The van der Waals surface area contributed by atoms with Crippen molar-refractivity contribution in [3.8, 4) is 0 Å². The van der Waals surface area contributed by atoms with E-state index in [1.807, 2.05) is 10.9 Å². The highest BCUT2D eigenvalue weighted by Gasteiger charge is 1.99. The van der Waals surface area contributed by atoms with Crippen LogP contribution < -0.4 is 0 Å². The van der Waals surface area contributed by atoms with Crippen molar-refractivity contribution in [2.45, 2.75) is 33.2 Å². The van der Waals surface area contributed by atoms with E-state index in [1.54, 1.807) is 0 Å². The molecule has 0 spiro atoms. The first-order valence-corrected chi connectivity index (χ1v) is 5.57. The van der Waals surface area contributed by atoms with Crippen molar-refractivity contribution in [2.24, 2.45) is 0 Å². The minimum absolute atomic E-state index is 0.681. The van der Waals surface area contributed by atoms with Gasteiger partial charge in [-0.05, 0) is 25.3 Å². The van der Waals surface area contributed by atoms with Gasteiger partial charge in [-0.15, -0.1) is 11.6 Å². The molecule has 3 heteroatoms. The molecule has 78 valence electrons. The fraction of sp³-hybridized carbons (Fsp3) is 0.545. The molecular weight excluding hydrogens is 196 g/mol. The SMILES string of the molecule is CCCn1cc(C(C)=CCCCl)cn1. The Hall–Kier alpha value is -0.760. The fourth-order valence-electron chi connectivity index (χ4n) is 1.31. The van der Waals surface area contributed by atoms with Gasteiger partial charge in [0, 0.05) is 24.2 Å². The molecule has 0 aliphatic heterocycles. The smallest absolute Gasteiger partial charge is 0.0564 e. The first-order valence-electron chi connectivity index (χ1n) is 5.03. The molecule has 0 amide bonds. The summed E-state index contributed by atoms with van der Waals surface area (Å²) < 4.78 is 1.98. The zero-order chi connectivity index (χ0) is 10.4. The van der Waals surface area contributed by atoms with Gasteiger partial charge in [-0.25, -0.2) is 0 Å². The van der Waals surface area contributed by atoms with Crippen molar-refractivity contribution in [1.29, 1.82) is 0 Å². The Kier molecular flexibility index (Phi) is 4.74. The number of rotatable bonds is 5. The van der Waals surface area contributed by atoms with Gasteiger partial charge in [0.1, 0.15) is 0 Å². The van der Waals surface area contributed by atoms with E-state index < -0.39 is 0 Å². The largest absolute Gasteiger partial charge is 0.272 e. The van der Waals surface area contributed by atoms with Crippen LogP contribution in [-0.2, 0) is 6.54 Å². The lowest BCUT2D eigenvalue weighted by Gasteiger charge is -1.96. The predicted molar refractivity (Wildman–Crippen MR) is 61.5 cm³/mol. The highest BCUT2D eigenvalue weighted by atomic mass is 35.5. The summed E-state index contributed by atoms with van der Waals surface area (Å²) in [5, 5.41) is 4.28. The van der Waals surface area contributed by atoms with Crippen LogP contribution in [0.25, 0.3) is 5.57 Å².